The summed E-state index contributed by atoms with van der Waals surface area (Å²) in [6.07, 6.45) is 1.55. The number of aromatic nitrogens is 1. The highest BCUT2D eigenvalue weighted by atomic mass is 35.5. The highest BCUT2D eigenvalue weighted by Crippen LogP contribution is 2.17. The molecule has 2 heterocycles. The largest absolute Gasteiger partial charge is 0.463 e. The molecule has 1 aromatic carbocycles. The number of nitrogens with zero attached hydrogens (tertiary/aromatic N) is 3. The molecule has 0 atom stereocenters. The second kappa shape index (κ2) is 7.37. The Morgan fingerprint density at radius 3 is 2.57 bits per heavy atom. The Labute approximate surface area is 138 Å². The first-order valence-corrected chi connectivity index (χ1v) is 6.56. The van der Waals surface area contributed by atoms with Crippen LogP contribution in [0.15, 0.2) is 59.8 Å². The molecular weight excluding hydrogens is 320 g/mol. The van der Waals surface area contributed by atoms with Crippen LogP contribution in [0.3, 0.4) is 0 Å². The smallest absolute Gasteiger partial charge is 0.313 e. The number of carbonyl (C=O) groups excluding carboxylic acids is 2. The molecule has 0 saturated carbocycles. The van der Waals surface area contributed by atoms with Gasteiger partial charge in [0, 0.05) is 6.20 Å². The fraction of sp³-hybridized carbons (Fsp3) is 0.0667. The van der Waals surface area contributed by atoms with Crippen molar-refractivity contribution in [2.45, 2.75) is 0 Å². The number of benzene rings is 1. The van der Waals surface area contributed by atoms with Crippen molar-refractivity contribution >= 4 is 41.6 Å². The zero-order chi connectivity index (χ0) is 15.4. The van der Waals surface area contributed by atoms with Gasteiger partial charge in [-0.25, -0.2) is 4.98 Å². The number of hydrogen-bond acceptors (Lipinski definition) is 5. The minimum Gasteiger partial charge on any atom is -0.463 e. The number of ether oxygens (including phenoxy) is 1. The summed E-state index contributed by atoms with van der Waals surface area (Å²) in [6.45, 7) is -0.247. The summed E-state index contributed by atoms with van der Waals surface area (Å²) in [5, 5.41) is 7.67. The molecular formula is C15H13ClN4O3. The van der Waals surface area contributed by atoms with Crippen LogP contribution in [0.1, 0.15) is 0 Å². The molecule has 1 aliphatic rings. The maximum absolute atomic E-state index is 12.1. The van der Waals surface area contributed by atoms with Crippen LogP contribution >= 0.6 is 12.4 Å². The Balaban J connectivity index is 0.00000192. The first kappa shape index (κ1) is 16.4. The maximum atomic E-state index is 12.1. The molecule has 0 unspecified atom stereocenters. The highest BCUT2D eigenvalue weighted by Gasteiger charge is 2.27. The summed E-state index contributed by atoms with van der Waals surface area (Å²) in [7, 11) is 0. The molecule has 1 aliphatic heterocycles. The number of anilines is 2. The fourth-order valence-corrected chi connectivity index (χ4v) is 1.86. The van der Waals surface area contributed by atoms with E-state index in [-0.39, 0.29) is 30.8 Å². The minimum atomic E-state index is -0.563. The molecule has 0 radical (unpaired) electrons. The van der Waals surface area contributed by atoms with E-state index in [1.54, 1.807) is 48.7 Å². The number of para-hydroxylation sites is 1. The third-order valence-corrected chi connectivity index (χ3v) is 2.86. The van der Waals surface area contributed by atoms with E-state index in [0.29, 0.717) is 11.5 Å². The number of rotatable bonds is 3. The second-order valence-corrected chi connectivity index (χ2v) is 4.40. The van der Waals surface area contributed by atoms with E-state index in [0.717, 1.165) is 5.01 Å². The molecule has 2 amide bonds. The summed E-state index contributed by atoms with van der Waals surface area (Å²) in [5.74, 6) is -0.719. The lowest BCUT2D eigenvalue weighted by molar-refractivity contribution is -0.122. The van der Waals surface area contributed by atoms with Gasteiger partial charge in [-0.2, -0.15) is 5.01 Å². The monoisotopic (exact) mass is 332 g/mol. The summed E-state index contributed by atoms with van der Waals surface area (Å²) in [4.78, 5) is 28.0. The second-order valence-electron chi connectivity index (χ2n) is 4.40. The van der Waals surface area contributed by atoms with Crippen molar-refractivity contribution in [3.63, 3.8) is 0 Å². The molecule has 1 aromatic heterocycles. The lowest BCUT2D eigenvalue weighted by Crippen LogP contribution is -2.40. The SMILES string of the molecule is Cl.O=C(Nc1ccccn1)C1=NN(c2ccccc2)C(=O)CO1. The van der Waals surface area contributed by atoms with Crippen LogP contribution in [0.4, 0.5) is 11.5 Å². The molecule has 8 heteroatoms. The molecule has 0 aliphatic carbocycles. The number of amides is 2. The van der Waals surface area contributed by atoms with Crippen molar-refractivity contribution in [3.8, 4) is 0 Å². The standard InChI is InChI=1S/C15H12N4O3.ClH/c20-13-10-22-15(14(21)17-12-8-4-5-9-16-12)18-19(13)11-6-2-1-3-7-11;/h1-9H,10H2,(H,16,17,21);1H. The van der Waals surface area contributed by atoms with E-state index in [9.17, 15) is 9.59 Å². The van der Waals surface area contributed by atoms with E-state index < -0.39 is 5.91 Å². The van der Waals surface area contributed by atoms with E-state index in [2.05, 4.69) is 15.4 Å². The van der Waals surface area contributed by atoms with Crippen LogP contribution in [-0.4, -0.2) is 29.3 Å². The predicted octanol–water partition coefficient (Wildman–Crippen LogP) is 1.82. The molecule has 1 N–H and O–H groups in total. The van der Waals surface area contributed by atoms with Gasteiger partial charge in [-0.3, -0.25) is 9.59 Å². The summed E-state index contributed by atoms with van der Waals surface area (Å²) < 4.78 is 5.09. The van der Waals surface area contributed by atoms with Gasteiger partial charge < -0.3 is 10.1 Å². The van der Waals surface area contributed by atoms with Gasteiger partial charge in [-0.15, -0.1) is 17.5 Å². The minimum absolute atomic E-state index is 0. The summed E-state index contributed by atoms with van der Waals surface area (Å²) in [5.41, 5.74) is 0.568. The van der Waals surface area contributed by atoms with Crippen LogP contribution < -0.4 is 10.3 Å². The number of hydrazone groups is 1. The number of pyridine rings is 1. The van der Waals surface area contributed by atoms with Gasteiger partial charge in [-0.05, 0) is 24.3 Å². The topological polar surface area (TPSA) is 83.9 Å². The Morgan fingerprint density at radius 2 is 1.87 bits per heavy atom. The van der Waals surface area contributed by atoms with Gasteiger partial charge in [0.1, 0.15) is 5.82 Å². The lowest BCUT2D eigenvalue weighted by atomic mass is 10.3. The van der Waals surface area contributed by atoms with Gasteiger partial charge >= 0.3 is 5.91 Å². The van der Waals surface area contributed by atoms with Crippen LogP contribution in [-0.2, 0) is 14.3 Å². The fourth-order valence-electron chi connectivity index (χ4n) is 1.86. The van der Waals surface area contributed by atoms with Gasteiger partial charge in [0.15, 0.2) is 6.61 Å². The molecule has 0 spiro atoms. The zero-order valence-electron chi connectivity index (χ0n) is 11.9. The van der Waals surface area contributed by atoms with Gasteiger partial charge in [-0.1, -0.05) is 24.3 Å². The van der Waals surface area contributed by atoms with Crippen molar-refractivity contribution in [1.29, 1.82) is 0 Å². The third kappa shape index (κ3) is 3.83. The first-order valence-electron chi connectivity index (χ1n) is 6.56. The summed E-state index contributed by atoms with van der Waals surface area (Å²) in [6, 6.07) is 13.9. The molecule has 0 fully saturated rings. The van der Waals surface area contributed by atoms with E-state index >= 15 is 0 Å². The number of hydrogen-bond donors (Lipinski definition) is 1. The lowest BCUT2D eigenvalue weighted by Gasteiger charge is -2.23. The zero-order valence-corrected chi connectivity index (χ0v) is 12.7. The van der Waals surface area contributed by atoms with Crippen molar-refractivity contribution in [3.05, 3.63) is 54.7 Å². The first-order chi connectivity index (χ1) is 10.7. The average Bonchev–Trinajstić information content (AvgIpc) is 2.57. The Hall–Kier alpha value is -2.93. The molecule has 3 rings (SSSR count). The maximum Gasteiger partial charge on any atom is 0.313 e. The van der Waals surface area contributed by atoms with Gasteiger partial charge in [0.05, 0.1) is 5.69 Å². The number of carbonyl (C=O) groups is 2. The van der Waals surface area contributed by atoms with Crippen LogP contribution in [0.2, 0.25) is 0 Å². The Morgan fingerprint density at radius 1 is 1.13 bits per heavy atom. The Kier molecular flexibility index (Phi) is 5.27. The predicted molar refractivity (Wildman–Crippen MR) is 87.4 cm³/mol. The van der Waals surface area contributed by atoms with Crippen molar-refractivity contribution in [2.24, 2.45) is 5.10 Å². The molecule has 23 heavy (non-hydrogen) atoms. The highest BCUT2D eigenvalue weighted by molar-refractivity contribution is 6.40. The average molecular weight is 333 g/mol. The number of nitrogens with one attached hydrogen (secondary N) is 1. The molecule has 118 valence electrons. The number of halogens is 1. The van der Waals surface area contributed by atoms with Crippen LogP contribution in [0.5, 0.6) is 0 Å². The Bertz CT molecular complexity index is 722. The normalized spacial score (nSPS) is 13.5. The molecule has 7 nitrogen and oxygen atoms in total. The third-order valence-electron chi connectivity index (χ3n) is 2.86. The van der Waals surface area contributed by atoms with Crippen LogP contribution in [0, 0.1) is 0 Å². The quantitative estimate of drug-likeness (QED) is 0.929. The summed E-state index contributed by atoms with van der Waals surface area (Å²) >= 11 is 0. The molecule has 2 aromatic rings. The van der Waals surface area contributed by atoms with Crippen molar-refractivity contribution < 1.29 is 14.3 Å². The van der Waals surface area contributed by atoms with E-state index in [1.807, 2.05) is 6.07 Å². The molecule has 0 bridgehead atoms. The van der Waals surface area contributed by atoms with E-state index in [1.165, 1.54) is 0 Å². The van der Waals surface area contributed by atoms with Gasteiger partial charge in [0.2, 0.25) is 0 Å². The van der Waals surface area contributed by atoms with Crippen molar-refractivity contribution in [2.75, 3.05) is 16.9 Å². The van der Waals surface area contributed by atoms with Gasteiger partial charge in [0.25, 0.3) is 11.8 Å². The van der Waals surface area contributed by atoms with E-state index in [4.69, 9.17) is 4.74 Å². The van der Waals surface area contributed by atoms with Crippen molar-refractivity contribution in [1.82, 2.24) is 4.98 Å². The molecule has 0 saturated heterocycles. The van der Waals surface area contributed by atoms with Crippen LogP contribution in [0.25, 0.3) is 0 Å².